The first-order valence-corrected chi connectivity index (χ1v) is 12.7. The molecule has 6 nitrogen and oxygen atoms in total. The number of allylic oxidation sites excluding steroid dienone is 1. The van der Waals surface area contributed by atoms with Gasteiger partial charge in [0, 0.05) is 30.3 Å². The third-order valence-corrected chi connectivity index (χ3v) is 8.59. The van der Waals surface area contributed by atoms with Gasteiger partial charge in [0.25, 0.3) is 0 Å². The van der Waals surface area contributed by atoms with Crippen molar-refractivity contribution in [3.63, 3.8) is 0 Å². The average Bonchev–Trinajstić information content (AvgIpc) is 3.42. The maximum Gasteiger partial charge on any atom is 0.325 e. The molecule has 0 heterocycles. The predicted molar refractivity (Wildman–Crippen MR) is 130 cm³/mol. The van der Waals surface area contributed by atoms with Crippen LogP contribution in [0.2, 0.25) is 0 Å². The van der Waals surface area contributed by atoms with Crippen LogP contribution in [0.4, 0.5) is 4.39 Å². The lowest BCUT2D eigenvalue weighted by Gasteiger charge is -2.51. The van der Waals surface area contributed by atoms with Gasteiger partial charge < -0.3 is 20.7 Å². The molecular weight excluding hydrogens is 519 g/mol. The van der Waals surface area contributed by atoms with Gasteiger partial charge in [0.1, 0.15) is 12.2 Å². The molecule has 2 N–H and O–H groups in total. The van der Waals surface area contributed by atoms with Crippen LogP contribution in [-0.2, 0) is 4.79 Å². The van der Waals surface area contributed by atoms with Crippen molar-refractivity contribution in [1.82, 2.24) is 10.4 Å². The summed E-state index contributed by atoms with van der Waals surface area (Å²) in [5, 5.41) is 26.6. The Hall–Kier alpha value is -0.310. The van der Waals surface area contributed by atoms with E-state index in [1.807, 2.05) is 13.0 Å². The lowest BCUT2D eigenvalue weighted by atomic mass is 9.70. The molecule has 0 bridgehead atoms. The van der Waals surface area contributed by atoms with Gasteiger partial charge in [-0.25, -0.2) is 4.39 Å². The molecule has 9 unspecified atom stereocenters. The number of carboxylic acids is 1. The summed E-state index contributed by atoms with van der Waals surface area (Å²) in [6, 6.07) is -1.50. The second-order valence-corrected chi connectivity index (χ2v) is 11.1. The van der Waals surface area contributed by atoms with Gasteiger partial charge in [-0.2, -0.15) is 0 Å². The summed E-state index contributed by atoms with van der Waals surface area (Å²) in [6.07, 6.45) is 7.46. The van der Waals surface area contributed by atoms with Crippen molar-refractivity contribution in [2.45, 2.75) is 88.4 Å². The minimum absolute atomic E-state index is 0.0444. The van der Waals surface area contributed by atoms with Crippen LogP contribution in [0.15, 0.2) is 14.8 Å². The molecule has 9 heteroatoms. The Labute approximate surface area is 194 Å². The Kier molecular flexibility index (Phi) is 8.55. The highest BCUT2D eigenvalue weighted by atomic mass is 127. The Morgan fingerprint density at radius 3 is 2.67 bits per heavy atom. The van der Waals surface area contributed by atoms with Crippen molar-refractivity contribution in [3.8, 4) is 0 Å². The maximum absolute atomic E-state index is 15.6. The number of carboxylic acid groups (broad SMARTS) is 1. The summed E-state index contributed by atoms with van der Waals surface area (Å²) in [4.78, 5) is 15.9. The molecule has 0 saturated heterocycles. The minimum Gasteiger partial charge on any atom is -0.784 e. The van der Waals surface area contributed by atoms with Gasteiger partial charge in [-0.1, -0.05) is 13.0 Å². The lowest BCUT2D eigenvalue weighted by Crippen LogP contribution is -2.56. The third kappa shape index (κ3) is 5.73. The fourth-order valence-electron chi connectivity index (χ4n) is 5.04. The van der Waals surface area contributed by atoms with Gasteiger partial charge >= 0.3 is 5.97 Å². The van der Waals surface area contributed by atoms with Crippen LogP contribution in [-0.4, -0.2) is 58.4 Å². The Bertz CT molecular complexity index is 678. The van der Waals surface area contributed by atoms with E-state index in [-0.39, 0.29) is 23.5 Å². The smallest absolute Gasteiger partial charge is 0.325 e. The molecule has 3 aliphatic rings. The first-order valence-electron chi connectivity index (χ1n) is 10.9. The molecule has 30 heavy (non-hydrogen) atoms. The fourth-order valence-corrected chi connectivity index (χ4v) is 6.29. The summed E-state index contributed by atoms with van der Waals surface area (Å²) in [5.41, 5.74) is -0.0444. The van der Waals surface area contributed by atoms with Gasteiger partial charge in [-0.3, -0.25) is 9.79 Å². The van der Waals surface area contributed by atoms with E-state index in [1.54, 1.807) is 6.92 Å². The van der Waals surface area contributed by atoms with E-state index >= 15 is 4.39 Å². The molecular formula is C21H33FIN3O3P-. The zero-order chi connectivity index (χ0) is 22.0. The number of hydroxylamine groups is 2. The number of alkyl halides is 1. The first-order chi connectivity index (χ1) is 14.2. The lowest BCUT2D eigenvalue weighted by molar-refractivity contribution is -0.141. The summed E-state index contributed by atoms with van der Waals surface area (Å²) in [7, 11) is 2.75. The maximum atomic E-state index is 15.6. The van der Waals surface area contributed by atoms with Gasteiger partial charge in [0.15, 0.2) is 0 Å². The van der Waals surface area contributed by atoms with Gasteiger partial charge in [-0.05, 0) is 85.5 Å². The van der Waals surface area contributed by atoms with Crippen molar-refractivity contribution in [3.05, 3.63) is 15.0 Å². The van der Waals surface area contributed by atoms with Gasteiger partial charge in [-0.15, -0.1) is 9.24 Å². The molecule has 170 valence electrons. The topological polar surface area (TPSA) is 88.0 Å². The largest absolute Gasteiger partial charge is 0.784 e. The van der Waals surface area contributed by atoms with Crippen LogP contribution in [0, 0.1) is 23.0 Å². The Morgan fingerprint density at radius 1 is 1.37 bits per heavy atom. The molecule has 3 saturated carbocycles. The number of halogens is 2. The first kappa shape index (κ1) is 24.3. The second-order valence-electron chi connectivity index (χ2n) is 9.07. The monoisotopic (exact) mass is 552 g/mol. The minimum atomic E-state index is -1.35. The summed E-state index contributed by atoms with van der Waals surface area (Å²) >= 11 is 2.28. The zero-order valence-electron chi connectivity index (χ0n) is 17.6. The zero-order valence-corrected chi connectivity index (χ0v) is 20.9. The summed E-state index contributed by atoms with van der Waals surface area (Å²) < 4.78 is 16.7. The molecule has 0 aliphatic heterocycles. The molecule has 0 aromatic rings. The molecule has 0 aromatic heterocycles. The number of aliphatic imine (C=N–C) groups is 1. The number of nitrogens with zero attached hydrogens (tertiary/aromatic N) is 2. The normalized spacial score (nSPS) is 38.9. The average molecular weight is 552 g/mol. The second kappa shape index (κ2) is 10.5. The standard InChI is InChI=1S/C21H33FIN3O3P/c1-3-18(23)25-14-5-4-12(8-14)19-17(30)9-15(11(2)20(19)22)26(29)16(21(27)28)10-24-13-6-7-13/h3,10-17,19-20,25H,4-9,30H2,1-2H3,(H,27,28)/q-1/b18-3+,24-10?. The van der Waals surface area contributed by atoms with Crippen molar-refractivity contribution >= 4 is 44.0 Å². The summed E-state index contributed by atoms with van der Waals surface area (Å²) in [5.74, 6) is -1.57. The molecule has 3 fully saturated rings. The molecule has 0 aromatic carbocycles. The molecule has 3 rings (SSSR count). The van der Waals surface area contributed by atoms with Crippen LogP contribution in [0.5, 0.6) is 0 Å². The number of hydrogen-bond acceptors (Lipinski definition) is 5. The van der Waals surface area contributed by atoms with Crippen molar-refractivity contribution in [2.75, 3.05) is 0 Å². The van der Waals surface area contributed by atoms with Crippen molar-refractivity contribution in [2.24, 2.45) is 22.7 Å². The quantitative estimate of drug-likeness (QED) is 0.156. The number of rotatable bonds is 8. The molecule has 3 aliphatic carbocycles. The van der Waals surface area contributed by atoms with Crippen molar-refractivity contribution in [1.29, 1.82) is 0 Å². The number of carbonyl (C=O) groups is 1. The van der Waals surface area contributed by atoms with E-state index in [0.717, 1.165) is 35.8 Å². The van der Waals surface area contributed by atoms with Crippen LogP contribution >= 0.6 is 31.8 Å². The SMILES string of the molecule is C/C=C(\I)NC1CCC(C2C(P)CC(N([O-])C(C=NC3CC3)C(=O)O)C(C)C2F)C1. The van der Waals surface area contributed by atoms with Crippen LogP contribution in [0.3, 0.4) is 0 Å². The van der Waals surface area contributed by atoms with Crippen molar-refractivity contribution < 1.29 is 14.3 Å². The fraction of sp³-hybridized carbons (Fsp3) is 0.810. The van der Waals surface area contributed by atoms with E-state index in [2.05, 4.69) is 42.1 Å². The van der Waals surface area contributed by atoms with E-state index < -0.39 is 30.1 Å². The van der Waals surface area contributed by atoms with E-state index in [4.69, 9.17) is 0 Å². The number of aliphatic carboxylic acids is 1. The van der Waals surface area contributed by atoms with Gasteiger partial charge in [0.05, 0.1) is 3.70 Å². The Balaban J connectivity index is 1.66. The highest BCUT2D eigenvalue weighted by Crippen LogP contribution is 2.47. The molecule has 0 spiro atoms. The molecule has 0 amide bonds. The molecule has 9 atom stereocenters. The molecule has 0 radical (unpaired) electrons. The van der Waals surface area contributed by atoms with E-state index in [9.17, 15) is 15.1 Å². The van der Waals surface area contributed by atoms with E-state index in [1.165, 1.54) is 6.21 Å². The Morgan fingerprint density at radius 2 is 2.07 bits per heavy atom. The number of nitrogens with one attached hydrogen (secondary N) is 1. The van der Waals surface area contributed by atoms with E-state index in [0.29, 0.717) is 17.5 Å². The highest BCUT2D eigenvalue weighted by Gasteiger charge is 2.47. The van der Waals surface area contributed by atoms with Crippen LogP contribution < -0.4 is 5.32 Å². The van der Waals surface area contributed by atoms with Crippen LogP contribution in [0.1, 0.15) is 52.4 Å². The number of hydrogen-bond donors (Lipinski definition) is 2. The third-order valence-electron chi connectivity index (χ3n) is 6.94. The highest BCUT2D eigenvalue weighted by molar-refractivity contribution is 14.1. The predicted octanol–water partition coefficient (Wildman–Crippen LogP) is 4.13. The van der Waals surface area contributed by atoms with Crippen LogP contribution in [0.25, 0.3) is 0 Å². The van der Waals surface area contributed by atoms with Gasteiger partial charge in [0.2, 0.25) is 0 Å². The summed E-state index contributed by atoms with van der Waals surface area (Å²) in [6.45, 7) is 3.75.